The molecule has 0 radical (unpaired) electrons. The van der Waals surface area contributed by atoms with Crippen LogP contribution in [0.1, 0.15) is 40.5 Å². The van der Waals surface area contributed by atoms with Crippen molar-refractivity contribution in [1.82, 2.24) is 0 Å². The van der Waals surface area contributed by atoms with Gasteiger partial charge >= 0.3 is 122 Å². The third kappa shape index (κ3) is 2.31. The Balaban J connectivity index is 2.01. The van der Waals surface area contributed by atoms with Crippen molar-refractivity contribution in [2.45, 2.75) is 57.0 Å². The summed E-state index contributed by atoms with van der Waals surface area (Å²) in [6.07, 6.45) is 2.16. The SMILES string of the molecule is CCOC(C[Se][C@@H]1C(=O)[C@]2(C)CC[C@H]1C2(C)C)OC. The summed E-state index contributed by atoms with van der Waals surface area (Å²) >= 11 is 0.285. The van der Waals surface area contributed by atoms with Crippen LogP contribution < -0.4 is 0 Å². The Kier molecular flexibility index (Phi) is 4.47. The number of hydrogen-bond donors (Lipinski definition) is 0. The van der Waals surface area contributed by atoms with Gasteiger partial charge in [0.25, 0.3) is 0 Å². The molecule has 0 heterocycles. The van der Waals surface area contributed by atoms with Crippen molar-refractivity contribution >= 4 is 20.7 Å². The zero-order valence-electron chi connectivity index (χ0n) is 12.7. The van der Waals surface area contributed by atoms with Crippen LogP contribution in [0.15, 0.2) is 0 Å². The number of fused-ring (bicyclic) bond motifs is 2. The van der Waals surface area contributed by atoms with E-state index < -0.39 is 0 Å². The molecule has 0 saturated heterocycles. The van der Waals surface area contributed by atoms with Crippen LogP contribution in [0.3, 0.4) is 0 Å². The summed E-state index contributed by atoms with van der Waals surface area (Å²) in [5.41, 5.74) is 0.0863. The second-order valence-corrected chi connectivity index (χ2v) is 8.90. The molecule has 0 aromatic carbocycles. The number of Topliss-reactive ketones (excluding diaryl/α,β-unsaturated/α-hetero) is 1. The summed E-state index contributed by atoms with van der Waals surface area (Å²) in [5, 5.41) is 0.885. The van der Waals surface area contributed by atoms with E-state index in [2.05, 4.69) is 20.8 Å². The normalized spacial score (nSPS) is 37.8. The monoisotopic (exact) mass is 334 g/mol. The second kappa shape index (κ2) is 5.48. The van der Waals surface area contributed by atoms with Crippen LogP contribution in [-0.4, -0.2) is 40.7 Å². The quantitative estimate of drug-likeness (QED) is 0.554. The third-order valence-electron chi connectivity index (χ3n) is 5.50. The summed E-state index contributed by atoms with van der Waals surface area (Å²) in [7, 11) is 1.68. The molecule has 110 valence electrons. The molecule has 2 aliphatic rings. The molecule has 2 fully saturated rings. The fraction of sp³-hybridized carbons (Fsp3) is 0.933. The molecule has 2 bridgehead atoms. The van der Waals surface area contributed by atoms with Gasteiger partial charge in [0.05, 0.1) is 0 Å². The first-order valence-electron chi connectivity index (χ1n) is 7.18. The Morgan fingerprint density at radius 1 is 1.42 bits per heavy atom. The van der Waals surface area contributed by atoms with E-state index >= 15 is 0 Å². The van der Waals surface area contributed by atoms with E-state index in [-0.39, 0.29) is 36.9 Å². The number of methoxy groups -OCH3 is 1. The number of hydrogen-bond acceptors (Lipinski definition) is 3. The van der Waals surface area contributed by atoms with Crippen molar-refractivity contribution in [3.8, 4) is 0 Å². The predicted octanol–water partition coefficient (Wildman–Crippen LogP) is 2.93. The minimum absolute atomic E-state index is 0.0851. The second-order valence-electron chi connectivity index (χ2n) is 6.44. The molecule has 0 amide bonds. The van der Waals surface area contributed by atoms with Gasteiger partial charge in [-0.15, -0.1) is 0 Å². The topological polar surface area (TPSA) is 35.5 Å². The summed E-state index contributed by atoms with van der Waals surface area (Å²) in [5.74, 6) is 1.09. The summed E-state index contributed by atoms with van der Waals surface area (Å²) in [4.78, 5) is 13.0. The first kappa shape index (κ1) is 15.5. The van der Waals surface area contributed by atoms with Crippen LogP contribution in [0.5, 0.6) is 0 Å². The van der Waals surface area contributed by atoms with Crippen LogP contribution in [0, 0.1) is 16.7 Å². The maximum absolute atomic E-state index is 12.7. The molecule has 2 rings (SSSR count). The number of ether oxygens (including phenoxy) is 2. The fourth-order valence-electron chi connectivity index (χ4n) is 3.75. The van der Waals surface area contributed by atoms with Gasteiger partial charge in [-0.2, -0.15) is 0 Å². The molecule has 2 aliphatic carbocycles. The minimum atomic E-state index is -0.132. The van der Waals surface area contributed by atoms with E-state index in [4.69, 9.17) is 9.47 Å². The van der Waals surface area contributed by atoms with Gasteiger partial charge in [0.1, 0.15) is 0 Å². The van der Waals surface area contributed by atoms with E-state index in [9.17, 15) is 4.79 Å². The van der Waals surface area contributed by atoms with Crippen LogP contribution in [0.2, 0.25) is 10.1 Å². The molecule has 2 saturated carbocycles. The van der Waals surface area contributed by atoms with Gasteiger partial charge in [-0.1, -0.05) is 0 Å². The molecule has 19 heavy (non-hydrogen) atoms. The molecule has 0 aromatic heterocycles. The average molecular weight is 333 g/mol. The number of carbonyl (C=O) groups is 1. The van der Waals surface area contributed by atoms with E-state index in [0.717, 1.165) is 11.7 Å². The number of carbonyl (C=O) groups excluding carboxylic acids is 1. The Bertz CT molecular complexity index is 355. The van der Waals surface area contributed by atoms with Gasteiger partial charge in [-0.3, -0.25) is 0 Å². The standard InChI is InChI=1S/C15H26O3Se/c1-6-18-11(17-5)9-19-12-10-7-8-15(4,13(12)16)14(10,2)3/h10-12H,6-9H2,1-5H3/t10-,11?,12+,15+/m1/s1. The molecule has 1 unspecified atom stereocenters. The Morgan fingerprint density at radius 3 is 2.58 bits per heavy atom. The van der Waals surface area contributed by atoms with E-state index in [1.165, 1.54) is 6.42 Å². The van der Waals surface area contributed by atoms with E-state index in [0.29, 0.717) is 18.3 Å². The van der Waals surface area contributed by atoms with Crippen molar-refractivity contribution in [2.24, 2.45) is 16.7 Å². The zero-order chi connectivity index (χ0) is 14.3. The summed E-state index contributed by atoms with van der Waals surface area (Å²) < 4.78 is 10.9. The van der Waals surface area contributed by atoms with Gasteiger partial charge in [-0.25, -0.2) is 0 Å². The van der Waals surface area contributed by atoms with Crippen molar-refractivity contribution in [2.75, 3.05) is 13.7 Å². The van der Waals surface area contributed by atoms with E-state index in [1.54, 1.807) is 7.11 Å². The molecule has 4 atom stereocenters. The van der Waals surface area contributed by atoms with Gasteiger partial charge < -0.3 is 0 Å². The first-order chi connectivity index (χ1) is 8.88. The Morgan fingerprint density at radius 2 is 2.11 bits per heavy atom. The van der Waals surface area contributed by atoms with Crippen molar-refractivity contribution in [3.05, 3.63) is 0 Å². The van der Waals surface area contributed by atoms with Gasteiger partial charge in [0.2, 0.25) is 0 Å². The predicted molar refractivity (Wildman–Crippen MR) is 76.4 cm³/mol. The summed E-state index contributed by atoms with van der Waals surface area (Å²) in [6.45, 7) is 9.40. The van der Waals surface area contributed by atoms with Crippen molar-refractivity contribution in [1.29, 1.82) is 0 Å². The van der Waals surface area contributed by atoms with Crippen molar-refractivity contribution in [3.63, 3.8) is 0 Å². The molecule has 0 aliphatic heterocycles. The average Bonchev–Trinajstić information content (AvgIpc) is 2.67. The molecule has 3 nitrogen and oxygen atoms in total. The van der Waals surface area contributed by atoms with Gasteiger partial charge in [0, 0.05) is 0 Å². The third-order valence-corrected chi connectivity index (χ3v) is 8.37. The van der Waals surface area contributed by atoms with E-state index in [1.807, 2.05) is 6.92 Å². The van der Waals surface area contributed by atoms with Crippen LogP contribution in [0.4, 0.5) is 0 Å². The van der Waals surface area contributed by atoms with Gasteiger partial charge in [-0.05, 0) is 0 Å². The molecule has 0 N–H and O–H groups in total. The van der Waals surface area contributed by atoms with Crippen LogP contribution in [-0.2, 0) is 14.3 Å². The van der Waals surface area contributed by atoms with Crippen LogP contribution in [0.25, 0.3) is 0 Å². The number of ketones is 1. The molecular formula is C15H26O3Se. The molecular weight excluding hydrogens is 307 g/mol. The van der Waals surface area contributed by atoms with Crippen LogP contribution >= 0.6 is 0 Å². The maximum atomic E-state index is 12.7. The first-order valence-corrected chi connectivity index (χ1v) is 9.39. The molecule has 4 heteroatoms. The number of rotatable bonds is 6. The van der Waals surface area contributed by atoms with Crippen molar-refractivity contribution < 1.29 is 14.3 Å². The summed E-state index contributed by atoms with van der Waals surface area (Å²) in [6, 6.07) is 0. The Hall–Kier alpha value is 0.109. The molecule has 0 aromatic rings. The van der Waals surface area contributed by atoms with Gasteiger partial charge in [0.15, 0.2) is 0 Å². The zero-order valence-corrected chi connectivity index (χ0v) is 14.4. The Labute approximate surface area is 123 Å². The molecule has 0 spiro atoms. The fourth-order valence-corrected chi connectivity index (χ4v) is 7.35.